The maximum Gasteiger partial charge on any atom is 0.143 e. The molecule has 60 heavy (non-hydrogen) atoms. The number of benzene rings is 10. The van der Waals surface area contributed by atoms with Crippen LogP contribution < -0.4 is 4.90 Å². The Bertz CT molecular complexity index is 3790. The maximum atomic E-state index is 6.74. The van der Waals surface area contributed by atoms with Crippen LogP contribution in [-0.2, 0) is 0 Å². The van der Waals surface area contributed by atoms with Gasteiger partial charge in [-0.25, -0.2) is 0 Å². The fraction of sp³-hybridized carbons (Fsp3) is 0. The molecule has 3 heterocycles. The van der Waals surface area contributed by atoms with Crippen LogP contribution in [0.25, 0.3) is 104 Å². The van der Waals surface area contributed by atoms with Crippen LogP contribution in [-0.4, -0.2) is 4.57 Å². The monoisotopic (exact) mass is 766 g/mol. The van der Waals surface area contributed by atoms with Crippen LogP contribution in [0.1, 0.15) is 0 Å². The van der Waals surface area contributed by atoms with Crippen molar-refractivity contribution in [3.63, 3.8) is 0 Å². The summed E-state index contributed by atoms with van der Waals surface area (Å²) in [6.07, 6.45) is 0. The maximum absolute atomic E-state index is 6.74. The van der Waals surface area contributed by atoms with E-state index in [9.17, 15) is 0 Å². The van der Waals surface area contributed by atoms with Crippen LogP contribution in [0.2, 0.25) is 0 Å². The highest BCUT2D eigenvalue weighted by atomic mass is 16.3. The van der Waals surface area contributed by atoms with Crippen molar-refractivity contribution < 1.29 is 8.83 Å². The fourth-order valence-electron chi connectivity index (χ4n) is 9.71. The van der Waals surface area contributed by atoms with Crippen molar-refractivity contribution in [3.8, 4) is 16.8 Å². The Morgan fingerprint density at radius 3 is 1.58 bits per heavy atom. The molecule has 0 unspecified atom stereocenters. The second-order valence-corrected chi connectivity index (χ2v) is 15.6. The first-order valence-corrected chi connectivity index (χ1v) is 20.4. The predicted molar refractivity (Wildman–Crippen MR) is 250 cm³/mol. The summed E-state index contributed by atoms with van der Waals surface area (Å²) in [6, 6.07) is 73.7. The Labute approximate surface area is 344 Å². The van der Waals surface area contributed by atoms with Crippen LogP contribution >= 0.6 is 0 Å². The Balaban J connectivity index is 1.03. The van der Waals surface area contributed by atoms with E-state index in [-0.39, 0.29) is 0 Å². The summed E-state index contributed by atoms with van der Waals surface area (Å²) < 4.78 is 15.7. The van der Waals surface area contributed by atoms with Gasteiger partial charge in [0, 0.05) is 54.8 Å². The number of furan rings is 2. The quantitative estimate of drug-likeness (QED) is 0.175. The molecule has 0 aliphatic rings. The molecular weight excluding hydrogens is 733 g/mol. The van der Waals surface area contributed by atoms with Crippen molar-refractivity contribution in [3.05, 3.63) is 206 Å². The fourth-order valence-corrected chi connectivity index (χ4v) is 9.71. The van der Waals surface area contributed by atoms with Crippen LogP contribution in [0.5, 0.6) is 0 Å². The van der Waals surface area contributed by atoms with Crippen molar-refractivity contribution >= 4 is 104 Å². The van der Waals surface area contributed by atoms with Gasteiger partial charge in [-0.15, -0.1) is 0 Å². The van der Waals surface area contributed by atoms with Crippen LogP contribution in [0.3, 0.4) is 0 Å². The molecular formula is C56H34N2O2. The number of aromatic nitrogens is 1. The first-order chi connectivity index (χ1) is 29.8. The molecule has 0 bridgehead atoms. The van der Waals surface area contributed by atoms with Crippen LogP contribution in [0, 0.1) is 0 Å². The van der Waals surface area contributed by atoms with E-state index in [2.05, 4.69) is 216 Å². The molecule has 0 N–H and O–H groups in total. The Hall–Kier alpha value is -8.08. The predicted octanol–water partition coefficient (Wildman–Crippen LogP) is 16.0. The third-order valence-electron chi connectivity index (χ3n) is 12.4. The van der Waals surface area contributed by atoms with E-state index < -0.39 is 0 Å². The molecule has 3 aromatic heterocycles. The van der Waals surface area contributed by atoms with E-state index in [1.807, 2.05) is 0 Å². The van der Waals surface area contributed by atoms with Crippen molar-refractivity contribution in [2.45, 2.75) is 0 Å². The van der Waals surface area contributed by atoms with Crippen molar-refractivity contribution in [2.24, 2.45) is 0 Å². The van der Waals surface area contributed by atoms with Gasteiger partial charge in [-0.2, -0.15) is 0 Å². The first kappa shape index (κ1) is 32.9. The summed E-state index contributed by atoms with van der Waals surface area (Å²) in [4.78, 5) is 2.38. The number of fused-ring (bicyclic) bond motifs is 13. The SMILES string of the molecule is c1cc(-c2cccc3oc4c5ccccc5ccc4c23)cc(N(c2ccc(-n3c4ccccc4c4ccccc43)cc2)c2cccc3oc4c5ccccc5ccc4c23)c1. The molecule has 13 rings (SSSR count). The van der Waals surface area contributed by atoms with Crippen LogP contribution in [0.15, 0.2) is 215 Å². The highest BCUT2D eigenvalue weighted by Crippen LogP contribution is 2.46. The molecule has 0 amide bonds. The molecule has 0 aliphatic heterocycles. The van der Waals surface area contributed by atoms with E-state index in [0.717, 1.165) is 93.9 Å². The molecule has 0 saturated carbocycles. The topological polar surface area (TPSA) is 34.5 Å². The zero-order valence-electron chi connectivity index (χ0n) is 32.3. The van der Waals surface area contributed by atoms with Gasteiger partial charge in [-0.1, -0.05) is 127 Å². The van der Waals surface area contributed by atoms with Gasteiger partial charge in [-0.05, 0) is 101 Å². The Morgan fingerprint density at radius 2 is 0.917 bits per heavy atom. The normalized spacial score (nSPS) is 12.0. The Morgan fingerprint density at radius 1 is 0.367 bits per heavy atom. The zero-order chi connectivity index (χ0) is 39.3. The minimum absolute atomic E-state index is 0.851. The van der Waals surface area contributed by atoms with Crippen molar-refractivity contribution in [1.82, 2.24) is 4.57 Å². The van der Waals surface area contributed by atoms with Gasteiger partial charge in [0.2, 0.25) is 0 Å². The van der Waals surface area contributed by atoms with E-state index in [4.69, 9.17) is 8.83 Å². The largest absolute Gasteiger partial charge is 0.455 e. The van der Waals surface area contributed by atoms with Gasteiger partial charge in [0.1, 0.15) is 22.3 Å². The smallest absolute Gasteiger partial charge is 0.143 e. The molecule has 280 valence electrons. The minimum Gasteiger partial charge on any atom is -0.455 e. The number of nitrogens with zero attached hydrogens (tertiary/aromatic N) is 2. The Kier molecular flexibility index (Phi) is 6.98. The van der Waals surface area contributed by atoms with E-state index in [1.165, 1.54) is 27.2 Å². The molecule has 0 aliphatic carbocycles. The average Bonchev–Trinajstić information content (AvgIpc) is 4.00. The molecule has 0 spiro atoms. The van der Waals surface area contributed by atoms with Gasteiger partial charge >= 0.3 is 0 Å². The van der Waals surface area contributed by atoms with Gasteiger partial charge in [0.05, 0.1) is 22.1 Å². The molecule has 13 aromatic rings. The highest BCUT2D eigenvalue weighted by molar-refractivity contribution is 6.21. The molecule has 0 fully saturated rings. The summed E-state index contributed by atoms with van der Waals surface area (Å²) in [7, 11) is 0. The van der Waals surface area contributed by atoms with Gasteiger partial charge in [-0.3, -0.25) is 0 Å². The van der Waals surface area contributed by atoms with Crippen LogP contribution in [0.4, 0.5) is 17.1 Å². The minimum atomic E-state index is 0.851. The second kappa shape index (κ2) is 12.7. The number of anilines is 3. The number of hydrogen-bond donors (Lipinski definition) is 0. The lowest BCUT2D eigenvalue weighted by atomic mass is 9.97. The standard InChI is InChI=1S/C56H34N2O2/c1-3-16-42-35(12-1)26-32-46-53-41(20-10-24-51(53)59-55(42)46)37-14-9-15-40(34-37)57(50-23-11-25-52-54(50)47-33-27-36-13-2-4-17-43(36)56(47)60-52)38-28-30-39(31-29-38)58-48-21-7-5-18-44(48)45-19-6-8-22-49(45)58/h1-34H. The lowest BCUT2D eigenvalue weighted by Crippen LogP contribution is -2.10. The number of hydrogen-bond acceptors (Lipinski definition) is 3. The summed E-state index contributed by atoms with van der Waals surface area (Å²) in [5.74, 6) is 0. The van der Waals surface area contributed by atoms with E-state index >= 15 is 0 Å². The first-order valence-electron chi connectivity index (χ1n) is 20.4. The van der Waals surface area contributed by atoms with E-state index in [0.29, 0.717) is 0 Å². The number of rotatable bonds is 5. The summed E-state index contributed by atoms with van der Waals surface area (Å²) in [6.45, 7) is 0. The third-order valence-corrected chi connectivity index (χ3v) is 12.4. The molecule has 4 heteroatoms. The molecule has 4 nitrogen and oxygen atoms in total. The molecule has 0 atom stereocenters. The summed E-state index contributed by atoms with van der Waals surface area (Å²) in [5.41, 5.74) is 12.4. The summed E-state index contributed by atoms with van der Waals surface area (Å²) >= 11 is 0. The highest BCUT2D eigenvalue weighted by Gasteiger charge is 2.22. The lowest BCUT2D eigenvalue weighted by molar-refractivity contribution is 0.672. The van der Waals surface area contributed by atoms with Crippen molar-refractivity contribution in [2.75, 3.05) is 4.90 Å². The zero-order valence-corrected chi connectivity index (χ0v) is 32.3. The average molecular weight is 767 g/mol. The molecule has 0 radical (unpaired) electrons. The van der Waals surface area contributed by atoms with Gasteiger partial charge < -0.3 is 18.3 Å². The van der Waals surface area contributed by atoms with E-state index in [1.54, 1.807) is 0 Å². The lowest BCUT2D eigenvalue weighted by Gasteiger charge is -2.27. The molecule has 10 aromatic carbocycles. The van der Waals surface area contributed by atoms with Gasteiger partial charge in [0.25, 0.3) is 0 Å². The van der Waals surface area contributed by atoms with Crippen molar-refractivity contribution in [1.29, 1.82) is 0 Å². The van der Waals surface area contributed by atoms with Gasteiger partial charge in [0.15, 0.2) is 0 Å². The molecule has 0 saturated heterocycles. The second-order valence-electron chi connectivity index (χ2n) is 15.6. The summed E-state index contributed by atoms with van der Waals surface area (Å²) in [5, 5.41) is 11.4. The third kappa shape index (κ3) is 4.79. The number of para-hydroxylation sites is 2.